The maximum absolute atomic E-state index is 11.2. The molecule has 0 saturated carbocycles. The lowest BCUT2D eigenvalue weighted by molar-refractivity contribution is -0.103. The molecule has 0 N–H and O–H groups in total. The summed E-state index contributed by atoms with van der Waals surface area (Å²) in [5.41, 5.74) is 0.446. The highest BCUT2D eigenvalue weighted by molar-refractivity contribution is 5.89. The average Bonchev–Trinajstić information content (AvgIpc) is 2.47. The topological polar surface area (TPSA) is 48.7 Å². The van der Waals surface area contributed by atoms with E-state index in [9.17, 15) is 4.79 Å². The van der Waals surface area contributed by atoms with Crippen LogP contribution >= 0.6 is 0 Å². The zero-order valence-electron chi connectivity index (χ0n) is 6.36. The second kappa shape index (κ2) is 2.98. The van der Waals surface area contributed by atoms with Gasteiger partial charge in [0.15, 0.2) is 0 Å². The summed E-state index contributed by atoms with van der Waals surface area (Å²) in [5, 5.41) is 0. The molecule has 1 aromatic heterocycles. The van der Waals surface area contributed by atoms with Crippen molar-refractivity contribution in [1.29, 1.82) is 0 Å². The van der Waals surface area contributed by atoms with Crippen LogP contribution in [-0.2, 0) is 9.47 Å². The first kappa shape index (κ1) is 7.36. The van der Waals surface area contributed by atoms with Crippen molar-refractivity contribution in [2.24, 2.45) is 0 Å². The van der Waals surface area contributed by atoms with Crippen molar-refractivity contribution in [2.75, 3.05) is 13.2 Å². The van der Waals surface area contributed by atoms with Gasteiger partial charge in [-0.15, -0.1) is 0 Å². The molecule has 0 unspecified atom stereocenters. The van der Waals surface area contributed by atoms with Gasteiger partial charge >= 0.3 is 5.97 Å². The maximum Gasteiger partial charge on any atom is 0.341 e. The van der Waals surface area contributed by atoms with Gasteiger partial charge in [0.2, 0.25) is 0 Å². The molecule has 4 heteroatoms. The summed E-state index contributed by atoms with van der Waals surface area (Å²) >= 11 is 0. The summed E-state index contributed by atoms with van der Waals surface area (Å²) in [6, 6.07) is 1.57. The first-order chi connectivity index (χ1) is 5.86. The average molecular weight is 168 g/mol. The van der Waals surface area contributed by atoms with E-state index in [1.54, 1.807) is 6.07 Å². The molecular weight excluding hydrogens is 160 g/mol. The Balaban J connectivity index is 1.92. The van der Waals surface area contributed by atoms with Gasteiger partial charge in [-0.25, -0.2) is 4.79 Å². The van der Waals surface area contributed by atoms with Gasteiger partial charge in [-0.2, -0.15) is 0 Å². The fraction of sp³-hybridized carbons (Fsp3) is 0.375. The largest absolute Gasteiger partial charge is 0.472 e. The fourth-order valence-electron chi connectivity index (χ4n) is 0.882. The zero-order valence-corrected chi connectivity index (χ0v) is 6.36. The lowest BCUT2D eigenvalue weighted by atomic mass is 10.3. The molecule has 2 heterocycles. The van der Waals surface area contributed by atoms with Crippen LogP contribution in [0.5, 0.6) is 0 Å². The van der Waals surface area contributed by atoms with Gasteiger partial charge < -0.3 is 13.9 Å². The molecule has 0 atom stereocenters. The van der Waals surface area contributed by atoms with Crippen molar-refractivity contribution >= 4 is 5.97 Å². The van der Waals surface area contributed by atoms with Gasteiger partial charge in [-0.05, 0) is 6.07 Å². The predicted octanol–water partition coefficient (Wildman–Crippen LogP) is 0.835. The molecule has 1 saturated heterocycles. The van der Waals surface area contributed by atoms with E-state index in [1.807, 2.05) is 0 Å². The smallest absolute Gasteiger partial charge is 0.341 e. The van der Waals surface area contributed by atoms with Crippen molar-refractivity contribution < 1.29 is 18.7 Å². The summed E-state index contributed by atoms with van der Waals surface area (Å²) in [5.74, 6) is -0.350. The minimum atomic E-state index is -0.350. The van der Waals surface area contributed by atoms with Gasteiger partial charge in [0.05, 0.1) is 25.0 Å². The summed E-state index contributed by atoms with van der Waals surface area (Å²) in [6.45, 7) is 1.01. The van der Waals surface area contributed by atoms with Gasteiger partial charge in [-0.3, -0.25) is 0 Å². The first-order valence-corrected chi connectivity index (χ1v) is 3.67. The third-order valence-electron chi connectivity index (χ3n) is 1.64. The minimum absolute atomic E-state index is 0.0765. The highest BCUT2D eigenvalue weighted by Crippen LogP contribution is 2.09. The molecule has 1 aliphatic rings. The van der Waals surface area contributed by atoms with E-state index in [-0.39, 0.29) is 12.1 Å². The van der Waals surface area contributed by atoms with Crippen LogP contribution in [0.1, 0.15) is 10.4 Å². The number of ether oxygens (including phenoxy) is 2. The van der Waals surface area contributed by atoms with E-state index in [2.05, 4.69) is 0 Å². The van der Waals surface area contributed by atoms with Crippen LogP contribution < -0.4 is 0 Å². The molecule has 0 aliphatic carbocycles. The molecule has 0 spiro atoms. The highest BCUT2D eigenvalue weighted by Gasteiger charge is 2.23. The number of hydrogen-bond acceptors (Lipinski definition) is 4. The molecule has 0 bridgehead atoms. The Morgan fingerprint density at radius 1 is 1.58 bits per heavy atom. The number of furan rings is 1. The van der Waals surface area contributed by atoms with E-state index in [0.717, 1.165) is 0 Å². The molecule has 0 radical (unpaired) electrons. The van der Waals surface area contributed by atoms with E-state index >= 15 is 0 Å². The van der Waals surface area contributed by atoms with Gasteiger partial charge in [-0.1, -0.05) is 0 Å². The van der Waals surface area contributed by atoms with Crippen LogP contribution in [0.15, 0.2) is 23.0 Å². The first-order valence-electron chi connectivity index (χ1n) is 3.67. The fourth-order valence-corrected chi connectivity index (χ4v) is 0.882. The lowest BCUT2D eigenvalue weighted by Gasteiger charge is -2.25. The number of carbonyl (C=O) groups is 1. The van der Waals surface area contributed by atoms with Gasteiger partial charge in [0.1, 0.15) is 12.4 Å². The normalized spacial score (nSPS) is 17.0. The third kappa shape index (κ3) is 1.33. The zero-order chi connectivity index (χ0) is 8.39. The van der Waals surface area contributed by atoms with Crippen molar-refractivity contribution in [2.45, 2.75) is 6.10 Å². The van der Waals surface area contributed by atoms with Crippen LogP contribution in [0, 0.1) is 0 Å². The lowest BCUT2D eigenvalue weighted by Crippen LogP contribution is -2.37. The van der Waals surface area contributed by atoms with Crippen LogP contribution in [0.25, 0.3) is 0 Å². The maximum atomic E-state index is 11.2. The van der Waals surface area contributed by atoms with Crippen molar-refractivity contribution in [3.63, 3.8) is 0 Å². The summed E-state index contributed by atoms with van der Waals surface area (Å²) in [4.78, 5) is 11.2. The van der Waals surface area contributed by atoms with E-state index in [1.165, 1.54) is 12.5 Å². The Morgan fingerprint density at radius 2 is 2.42 bits per heavy atom. The molecule has 2 rings (SSSR count). The Kier molecular flexibility index (Phi) is 1.83. The minimum Gasteiger partial charge on any atom is -0.472 e. The predicted molar refractivity (Wildman–Crippen MR) is 38.7 cm³/mol. The van der Waals surface area contributed by atoms with Crippen molar-refractivity contribution in [3.8, 4) is 0 Å². The summed E-state index contributed by atoms with van der Waals surface area (Å²) < 4.78 is 14.6. The SMILES string of the molecule is O=C(OC1COC1)c1ccoc1. The summed E-state index contributed by atoms with van der Waals surface area (Å²) in [6.07, 6.45) is 2.72. The second-order valence-electron chi connectivity index (χ2n) is 2.58. The highest BCUT2D eigenvalue weighted by atomic mass is 16.6. The van der Waals surface area contributed by atoms with Crippen LogP contribution in [0.4, 0.5) is 0 Å². The number of rotatable bonds is 2. The molecular formula is C8H8O4. The molecule has 0 aromatic carbocycles. The third-order valence-corrected chi connectivity index (χ3v) is 1.64. The molecule has 1 aromatic rings. The quantitative estimate of drug-likeness (QED) is 0.614. The summed E-state index contributed by atoms with van der Waals surface area (Å²) in [7, 11) is 0. The molecule has 1 fully saturated rings. The van der Waals surface area contributed by atoms with Crippen molar-refractivity contribution in [1.82, 2.24) is 0 Å². The molecule has 1 aliphatic heterocycles. The Hall–Kier alpha value is -1.29. The number of esters is 1. The van der Waals surface area contributed by atoms with Crippen LogP contribution in [0.2, 0.25) is 0 Å². The van der Waals surface area contributed by atoms with Gasteiger partial charge in [0.25, 0.3) is 0 Å². The monoisotopic (exact) mass is 168 g/mol. The molecule has 64 valence electrons. The van der Waals surface area contributed by atoms with Crippen LogP contribution in [-0.4, -0.2) is 25.3 Å². The van der Waals surface area contributed by atoms with E-state index in [0.29, 0.717) is 18.8 Å². The van der Waals surface area contributed by atoms with Crippen LogP contribution in [0.3, 0.4) is 0 Å². The Morgan fingerprint density at radius 3 is 2.92 bits per heavy atom. The molecule has 12 heavy (non-hydrogen) atoms. The standard InChI is InChI=1S/C8H8O4/c9-8(6-1-2-10-3-6)12-7-4-11-5-7/h1-3,7H,4-5H2. The van der Waals surface area contributed by atoms with Gasteiger partial charge in [0, 0.05) is 0 Å². The molecule has 4 nitrogen and oxygen atoms in total. The number of carbonyl (C=O) groups excluding carboxylic acids is 1. The molecule has 0 amide bonds. The van der Waals surface area contributed by atoms with E-state index < -0.39 is 0 Å². The van der Waals surface area contributed by atoms with Crippen molar-refractivity contribution in [3.05, 3.63) is 24.2 Å². The van der Waals surface area contributed by atoms with E-state index in [4.69, 9.17) is 13.9 Å². The Bertz CT molecular complexity index is 261. The number of hydrogen-bond donors (Lipinski definition) is 0. The Labute approximate surface area is 69.1 Å². The second-order valence-corrected chi connectivity index (χ2v) is 2.58.